The third-order valence-corrected chi connectivity index (χ3v) is 2.20. The molecule has 1 amide bonds. The van der Waals surface area contributed by atoms with Crippen molar-refractivity contribution in [2.24, 2.45) is 11.7 Å². The molecule has 88 valence electrons. The van der Waals surface area contributed by atoms with Crippen LogP contribution in [-0.2, 0) is 9.59 Å². The molecule has 4 heteroatoms. The number of primary amides is 1. The van der Waals surface area contributed by atoms with Crippen molar-refractivity contribution in [3.8, 4) is 0 Å². The van der Waals surface area contributed by atoms with E-state index in [2.05, 4.69) is 5.32 Å². The van der Waals surface area contributed by atoms with E-state index >= 15 is 0 Å². The zero-order chi connectivity index (χ0) is 12.0. The van der Waals surface area contributed by atoms with Gasteiger partial charge in [-0.2, -0.15) is 0 Å². The fraction of sp³-hybridized carbons (Fsp3) is 0.818. The van der Waals surface area contributed by atoms with E-state index in [0.717, 1.165) is 0 Å². The molecule has 3 N–H and O–H groups in total. The van der Waals surface area contributed by atoms with Gasteiger partial charge in [-0.15, -0.1) is 0 Å². The standard InChI is InChI=1S/C11H22N2O2/c1-7(2)10(14)6-5-9(11(12)15)13-8(3)4/h7-9,13H,5-6H2,1-4H3,(H2,12,15). The number of hydrogen-bond acceptors (Lipinski definition) is 3. The summed E-state index contributed by atoms with van der Waals surface area (Å²) < 4.78 is 0. The van der Waals surface area contributed by atoms with Crippen LogP contribution in [0.5, 0.6) is 0 Å². The Morgan fingerprint density at radius 2 is 1.73 bits per heavy atom. The Hall–Kier alpha value is -0.900. The van der Waals surface area contributed by atoms with Crippen LogP contribution in [0.15, 0.2) is 0 Å². The number of nitrogens with two attached hydrogens (primary N) is 1. The van der Waals surface area contributed by atoms with Crippen LogP contribution in [0.2, 0.25) is 0 Å². The number of ketones is 1. The first kappa shape index (κ1) is 14.1. The van der Waals surface area contributed by atoms with Crippen LogP contribution in [0.3, 0.4) is 0 Å². The molecule has 15 heavy (non-hydrogen) atoms. The average Bonchev–Trinajstić information content (AvgIpc) is 2.10. The predicted molar refractivity (Wildman–Crippen MR) is 60.3 cm³/mol. The molecule has 0 aromatic heterocycles. The van der Waals surface area contributed by atoms with E-state index < -0.39 is 6.04 Å². The molecule has 0 bridgehead atoms. The van der Waals surface area contributed by atoms with Crippen LogP contribution < -0.4 is 11.1 Å². The van der Waals surface area contributed by atoms with Gasteiger partial charge in [0.25, 0.3) is 0 Å². The van der Waals surface area contributed by atoms with Crippen molar-refractivity contribution in [2.75, 3.05) is 0 Å². The zero-order valence-corrected chi connectivity index (χ0v) is 10.0. The molecule has 0 aliphatic rings. The van der Waals surface area contributed by atoms with Crippen LogP contribution in [0.25, 0.3) is 0 Å². The van der Waals surface area contributed by atoms with E-state index in [9.17, 15) is 9.59 Å². The van der Waals surface area contributed by atoms with Gasteiger partial charge in [0.2, 0.25) is 5.91 Å². The smallest absolute Gasteiger partial charge is 0.234 e. The van der Waals surface area contributed by atoms with Gasteiger partial charge in [-0.1, -0.05) is 27.7 Å². The van der Waals surface area contributed by atoms with Gasteiger partial charge in [-0.25, -0.2) is 0 Å². The minimum Gasteiger partial charge on any atom is -0.368 e. The highest BCUT2D eigenvalue weighted by molar-refractivity contribution is 5.83. The number of carbonyl (C=O) groups is 2. The SMILES string of the molecule is CC(C)NC(CCC(=O)C(C)C)C(N)=O. The summed E-state index contributed by atoms with van der Waals surface area (Å²) in [7, 11) is 0. The van der Waals surface area contributed by atoms with Gasteiger partial charge < -0.3 is 11.1 Å². The van der Waals surface area contributed by atoms with Crippen LogP contribution in [0, 0.1) is 5.92 Å². The third-order valence-electron chi connectivity index (χ3n) is 2.20. The topological polar surface area (TPSA) is 72.2 Å². The van der Waals surface area contributed by atoms with E-state index in [1.165, 1.54) is 0 Å². The first-order valence-corrected chi connectivity index (χ1v) is 5.42. The molecule has 1 unspecified atom stereocenters. The van der Waals surface area contributed by atoms with E-state index in [0.29, 0.717) is 12.8 Å². The van der Waals surface area contributed by atoms with Crippen molar-refractivity contribution in [3.63, 3.8) is 0 Å². The lowest BCUT2D eigenvalue weighted by Crippen LogP contribution is -2.44. The largest absolute Gasteiger partial charge is 0.368 e. The second-order valence-electron chi connectivity index (χ2n) is 4.44. The fourth-order valence-electron chi connectivity index (χ4n) is 1.29. The monoisotopic (exact) mass is 214 g/mol. The third kappa shape index (κ3) is 6.23. The lowest BCUT2D eigenvalue weighted by molar-refractivity contribution is -0.123. The number of Topliss-reactive ketones (excluding diaryl/α,β-unsaturated/α-hetero) is 1. The summed E-state index contributed by atoms with van der Waals surface area (Å²) in [5.41, 5.74) is 5.23. The van der Waals surface area contributed by atoms with Crippen molar-refractivity contribution >= 4 is 11.7 Å². The number of amides is 1. The maximum absolute atomic E-state index is 11.4. The summed E-state index contributed by atoms with van der Waals surface area (Å²) in [6.07, 6.45) is 0.898. The first-order chi connectivity index (χ1) is 6.84. The van der Waals surface area contributed by atoms with E-state index in [-0.39, 0.29) is 23.7 Å². The van der Waals surface area contributed by atoms with Gasteiger partial charge in [0.05, 0.1) is 6.04 Å². The first-order valence-electron chi connectivity index (χ1n) is 5.42. The lowest BCUT2D eigenvalue weighted by Gasteiger charge is -2.18. The van der Waals surface area contributed by atoms with Crippen molar-refractivity contribution in [2.45, 2.75) is 52.6 Å². The Kier molecular flexibility index (Phi) is 6.17. The molecule has 1 atom stereocenters. The second-order valence-corrected chi connectivity index (χ2v) is 4.44. The summed E-state index contributed by atoms with van der Waals surface area (Å²) in [6, 6.07) is -0.204. The molecule has 0 saturated carbocycles. The van der Waals surface area contributed by atoms with Crippen molar-refractivity contribution in [1.29, 1.82) is 0 Å². The Balaban J connectivity index is 4.07. The van der Waals surface area contributed by atoms with Crippen molar-refractivity contribution in [1.82, 2.24) is 5.32 Å². The average molecular weight is 214 g/mol. The van der Waals surface area contributed by atoms with Crippen molar-refractivity contribution < 1.29 is 9.59 Å². The molecule has 0 heterocycles. The molecular weight excluding hydrogens is 192 g/mol. The minimum atomic E-state index is -0.396. The Morgan fingerprint density at radius 1 is 1.20 bits per heavy atom. The Bertz CT molecular complexity index is 225. The van der Waals surface area contributed by atoms with Crippen LogP contribution >= 0.6 is 0 Å². The summed E-state index contributed by atoms with van der Waals surface area (Å²) in [5.74, 6) is -0.190. The van der Waals surface area contributed by atoms with Crippen LogP contribution in [0.4, 0.5) is 0 Å². The summed E-state index contributed by atoms with van der Waals surface area (Å²) in [5, 5.41) is 3.05. The number of carbonyl (C=O) groups excluding carboxylic acids is 2. The Labute approximate surface area is 91.6 Å². The molecule has 0 saturated heterocycles. The Morgan fingerprint density at radius 3 is 2.07 bits per heavy atom. The van der Waals surface area contributed by atoms with Gasteiger partial charge >= 0.3 is 0 Å². The van der Waals surface area contributed by atoms with Crippen LogP contribution in [0.1, 0.15) is 40.5 Å². The summed E-state index contributed by atoms with van der Waals surface area (Å²) in [6.45, 7) is 7.61. The maximum atomic E-state index is 11.4. The molecule has 0 aromatic carbocycles. The van der Waals surface area contributed by atoms with Gasteiger partial charge in [0, 0.05) is 18.4 Å². The molecule has 4 nitrogen and oxygen atoms in total. The number of rotatable bonds is 7. The highest BCUT2D eigenvalue weighted by atomic mass is 16.1. The predicted octanol–water partition coefficient (Wildman–Crippen LogP) is 0.844. The lowest BCUT2D eigenvalue weighted by atomic mass is 10.0. The number of hydrogen-bond donors (Lipinski definition) is 2. The molecule has 0 aliphatic carbocycles. The molecule has 0 fully saturated rings. The van der Waals surface area contributed by atoms with Gasteiger partial charge in [0.15, 0.2) is 0 Å². The number of nitrogens with one attached hydrogen (secondary N) is 1. The second kappa shape index (κ2) is 6.56. The molecule has 0 rings (SSSR count). The zero-order valence-electron chi connectivity index (χ0n) is 10.0. The van der Waals surface area contributed by atoms with Crippen LogP contribution in [-0.4, -0.2) is 23.8 Å². The normalized spacial score (nSPS) is 13.2. The van der Waals surface area contributed by atoms with E-state index in [1.54, 1.807) is 0 Å². The van der Waals surface area contributed by atoms with Gasteiger partial charge in [-0.05, 0) is 6.42 Å². The molecule has 0 aromatic rings. The molecule has 0 radical (unpaired) electrons. The summed E-state index contributed by atoms with van der Waals surface area (Å²) >= 11 is 0. The molecular formula is C11H22N2O2. The molecule has 0 aliphatic heterocycles. The molecule has 0 spiro atoms. The van der Waals surface area contributed by atoms with Crippen molar-refractivity contribution in [3.05, 3.63) is 0 Å². The van der Waals surface area contributed by atoms with Gasteiger partial charge in [0.1, 0.15) is 5.78 Å². The van der Waals surface area contributed by atoms with E-state index in [4.69, 9.17) is 5.73 Å². The quantitative estimate of drug-likeness (QED) is 0.659. The fourth-order valence-corrected chi connectivity index (χ4v) is 1.29. The highest BCUT2D eigenvalue weighted by Crippen LogP contribution is 2.05. The minimum absolute atomic E-state index is 0.0255. The highest BCUT2D eigenvalue weighted by Gasteiger charge is 2.18. The van der Waals surface area contributed by atoms with Gasteiger partial charge in [-0.3, -0.25) is 9.59 Å². The maximum Gasteiger partial charge on any atom is 0.234 e. The van der Waals surface area contributed by atoms with E-state index in [1.807, 2.05) is 27.7 Å². The summed E-state index contributed by atoms with van der Waals surface area (Å²) in [4.78, 5) is 22.4.